The van der Waals surface area contributed by atoms with E-state index < -0.39 is 24.1 Å². The van der Waals surface area contributed by atoms with Crippen LogP contribution in [0.15, 0.2) is 18.2 Å². The highest BCUT2D eigenvalue weighted by atomic mass is 19.2. The van der Waals surface area contributed by atoms with Gasteiger partial charge >= 0.3 is 0 Å². The number of halogens is 3. The Morgan fingerprint density at radius 1 is 1.23 bits per heavy atom. The summed E-state index contributed by atoms with van der Waals surface area (Å²) in [6, 6.07) is 3.51. The maximum atomic E-state index is 13.2. The lowest BCUT2D eigenvalue weighted by Gasteiger charge is -2.71. The maximum absolute atomic E-state index is 13.2. The average molecular weight is 421 g/mol. The highest BCUT2D eigenvalue weighted by Gasteiger charge is 2.69. The second-order valence-electron chi connectivity index (χ2n) is 8.59. The molecule has 1 aliphatic heterocycles. The van der Waals surface area contributed by atoms with E-state index in [1.807, 2.05) is 11.6 Å². The van der Waals surface area contributed by atoms with Gasteiger partial charge in [0.25, 0.3) is 5.91 Å². The summed E-state index contributed by atoms with van der Waals surface area (Å²) in [5, 5.41) is 14.6. The Morgan fingerprint density at radius 2 is 1.93 bits per heavy atom. The van der Waals surface area contributed by atoms with E-state index in [4.69, 9.17) is 4.74 Å². The van der Waals surface area contributed by atoms with Crippen LogP contribution in [0.2, 0.25) is 0 Å². The number of rotatable bonds is 6. The fourth-order valence-electron chi connectivity index (χ4n) is 5.00. The molecule has 0 saturated heterocycles. The van der Waals surface area contributed by atoms with Crippen LogP contribution in [0.5, 0.6) is 5.75 Å². The Hall–Kier alpha value is -2.59. The number of benzene rings is 1. The van der Waals surface area contributed by atoms with Gasteiger partial charge in [0, 0.05) is 29.8 Å². The first-order chi connectivity index (χ1) is 14.3. The Kier molecular flexibility index (Phi) is 4.33. The molecule has 3 fully saturated rings. The lowest BCUT2D eigenvalue weighted by molar-refractivity contribution is -0.145. The van der Waals surface area contributed by atoms with E-state index in [-0.39, 0.29) is 28.9 Å². The zero-order chi connectivity index (χ0) is 21.1. The quantitative estimate of drug-likeness (QED) is 0.619. The predicted molar refractivity (Wildman–Crippen MR) is 100 cm³/mol. The third-order valence-corrected chi connectivity index (χ3v) is 6.11. The van der Waals surface area contributed by atoms with E-state index in [0.717, 1.165) is 55.9 Å². The van der Waals surface area contributed by atoms with Gasteiger partial charge in [-0.3, -0.25) is 20.1 Å². The van der Waals surface area contributed by atoms with Crippen molar-refractivity contribution in [1.29, 1.82) is 0 Å². The second-order valence-corrected chi connectivity index (χ2v) is 8.59. The smallest absolute Gasteiger partial charge is 0.258 e. The van der Waals surface area contributed by atoms with Crippen molar-refractivity contribution in [1.82, 2.24) is 25.7 Å². The van der Waals surface area contributed by atoms with Crippen LogP contribution in [0.25, 0.3) is 0 Å². The number of fused-ring (bicyclic) bond motifs is 1. The number of ether oxygens (including phenoxy) is 1. The van der Waals surface area contributed by atoms with Crippen LogP contribution >= 0.6 is 0 Å². The molecule has 1 aromatic carbocycles. The number of aryl methyl sites for hydroxylation is 1. The van der Waals surface area contributed by atoms with Gasteiger partial charge in [0.1, 0.15) is 11.9 Å². The molecule has 10 heteroatoms. The lowest BCUT2D eigenvalue weighted by atomic mass is 9.44. The van der Waals surface area contributed by atoms with Crippen LogP contribution in [-0.4, -0.2) is 39.9 Å². The van der Waals surface area contributed by atoms with Gasteiger partial charge in [-0.05, 0) is 32.3 Å². The molecule has 3 N–H and O–H groups in total. The zero-order valence-electron chi connectivity index (χ0n) is 16.4. The topological polar surface area (TPSA) is 80.2 Å². The molecule has 7 nitrogen and oxygen atoms in total. The van der Waals surface area contributed by atoms with Gasteiger partial charge in [0.2, 0.25) is 0 Å². The highest BCUT2D eigenvalue weighted by Crippen LogP contribution is 2.61. The molecule has 3 aliphatic carbocycles. The lowest BCUT2D eigenvalue weighted by Crippen LogP contribution is -2.84. The van der Waals surface area contributed by atoms with Gasteiger partial charge in [-0.25, -0.2) is 13.2 Å². The number of nitrogens with one attached hydrogen (secondary N) is 3. The minimum absolute atomic E-state index is 0.0185. The second kappa shape index (κ2) is 6.71. The Labute approximate surface area is 171 Å². The van der Waals surface area contributed by atoms with Crippen molar-refractivity contribution in [3.05, 3.63) is 47.0 Å². The summed E-state index contributed by atoms with van der Waals surface area (Å²) in [4.78, 5) is 12.2. The predicted octanol–water partition coefficient (Wildman–Crippen LogP) is 1.67. The number of hydrogen-bond acceptors (Lipinski definition) is 5. The number of aromatic nitrogens is 2. The van der Waals surface area contributed by atoms with Crippen molar-refractivity contribution >= 4 is 5.91 Å². The monoisotopic (exact) mass is 421 g/mol. The molecule has 1 amide bonds. The highest BCUT2D eigenvalue weighted by molar-refractivity contribution is 5.79. The zero-order valence-corrected chi connectivity index (χ0v) is 16.4. The summed E-state index contributed by atoms with van der Waals surface area (Å²) in [6.45, 7) is 3.27. The third kappa shape index (κ3) is 3.24. The number of carbonyl (C=O) groups excluding carboxylic acids is 1. The first-order valence-corrected chi connectivity index (χ1v) is 9.90. The van der Waals surface area contributed by atoms with Gasteiger partial charge < -0.3 is 10.1 Å². The van der Waals surface area contributed by atoms with Crippen molar-refractivity contribution < 1.29 is 22.7 Å². The van der Waals surface area contributed by atoms with Gasteiger partial charge in [-0.1, -0.05) is 0 Å². The molecule has 1 aromatic heterocycles. The molecule has 30 heavy (non-hydrogen) atoms. The first-order valence-electron chi connectivity index (χ1n) is 9.90. The number of hydrogen-bond donors (Lipinski definition) is 3. The minimum Gasteiger partial charge on any atom is -0.484 e. The van der Waals surface area contributed by atoms with Gasteiger partial charge in [0.05, 0.1) is 17.9 Å². The molecular weight excluding hydrogens is 399 g/mol. The van der Waals surface area contributed by atoms with Crippen LogP contribution in [0, 0.1) is 24.4 Å². The SMILES string of the molecule is Cc1cc2n(n1)CCNC2NC12CC(NC(=O)COc3cc(F)c(F)c(F)c3)(C1)C2. The van der Waals surface area contributed by atoms with Crippen molar-refractivity contribution in [2.75, 3.05) is 13.2 Å². The minimum atomic E-state index is -1.57. The fourth-order valence-corrected chi connectivity index (χ4v) is 5.00. The van der Waals surface area contributed by atoms with E-state index in [9.17, 15) is 18.0 Å². The summed E-state index contributed by atoms with van der Waals surface area (Å²) in [5.74, 6) is -4.88. The summed E-state index contributed by atoms with van der Waals surface area (Å²) in [7, 11) is 0. The average Bonchev–Trinajstić information content (AvgIpc) is 3.02. The third-order valence-electron chi connectivity index (χ3n) is 6.11. The summed E-state index contributed by atoms with van der Waals surface area (Å²) in [6.07, 6.45) is 2.44. The molecule has 6 rings (SSSR count). The van der Waals surface area contributed by atoms with E-state index in [1.165, 1.54) is 0 Å². The van der Waals surface area contributed by atoms with E-state index >= 15 is 0 Å². The Balaban J connectivity index is 1.12. The van der Waals surface area contributed by atoms with E-state index in [0.29, 0.717) is 0 Å². The van der Waals surface area contributed by atoms with Gasteiger partial charge in [0.15, 0.2) is 24.1 Å². The summed E-state index contributed by atoms with van der Waals surface area (Å²) in [5.41, 5.74) is 1.82. The van der Waals surface area contributed by atoms with E-state index in [2.05, 4.69) is 27.1 Å². The fraction of sp³-hybridized carbons (Fsp3) is 0.500. The molecule has 4 aliphatic rings. The van der Waals surface area contributed by atoms with Crippen molar-refractivity contribution in [3.63, 3.8) is 0 Å². The Morgan fingerprint density at radius 3 is 2.63 bits per heavy atom. The number of amides is 1. The van der Waals surface area contributed by atoms with Crippen LogP contribution in [0.3, 0.4) is 0 Å². The summed E-state index contributed by atoms with van der Waals surface area (Å²) >= 11 is 0. The molecule has 2 bridgehead atoms. The summed E-state index contributed by atoms with van der Waals surface area (Å²) < 4.78 is 46.6. The molecule has 1 unspecified atom stereocenters. The first kappa shape index (κ1) is 19.4. The van der Waals surface area contributed by atoms with Gasteiger partial charge in [-0.15, -0.1) is 0 Å². The van der Waals surface area contributed by atoms with Crippen molar-refractivity contribution in [2.24, 2.45) is 0 Å². The molecule has 2 aromatic rings. The number of nitrogens with zero attached hydrogens (tertiary/aromatic N) is 2. The van der Waals surface area contributed by atoms with Gasteiger partial charge in [-0.2, -0.15) is 5.10 Å². The van der Waals surface area contributed by atoms with Crippen molar-refractivity contribution in [2.45, 2.75) is 50.0 Å². The van der Waals surface area contributed by atoms with Crippen LogP contribution in [-0.2, 0) is 11.3 Å². The molecular formula is C20H22F3N5O2. The molecule has 2 heterocycles. The maximum Gasteiger partial charge on any atom is 0.258 e. The molecule has 3 saturated carbocycles. The molecule has 0 spiro atoms. The normalized spacial score (nSPS) is 28.9. The molecule has 1 atom stereocenters. The standard InChI is InChI=1S/C20H22F3N5O2/c1-11-4-15-18(24-2-3-28(15)27-11)26-20-8-19(9-20,10-20)25-16(29)7-30-12-5-13(21)17(23)14(22)6-12/h4-6,18,24,26H,2-3,7-10H2,1H3,(H,25,29). The number of carbonyl (C=O) groups is 1. The van der Waals surface area contributed by atoms with Crippen LogP contribution < -0.4 is 20.7 Å². The van der Waals surface area contributed by atoms with Crippen molar-refractivity contribution in [3.8, 4) is 5.75 Å². The largest absolute Gasteiger partial charge is 0.484 e. The Bertz CT molecular complexity index is 981. The van der Waals surface area contributed by atoms with Crippen LogP contribution in [0.1, 0.15) is 36.8 Å². The van der Waals surface area contributed by atoms with E-state index in [1.54, 1.807) is 0 Å². The molecule has 160 valence electrons. The van der Waals surface area contributed by atoms with Crippen LogP contribution in [0.4, 0.5) is 13.2 Å². The molecule has 0 radical (unpaired) electrons.